The van der Waals surface area contributed by atoms with Crippen molar-refractivity contribution in [3.8, 4) is 0 Å². The number of hydrogen-bond acceptors (Lipinski definition) is 2. The van der Waals surface area contributed by atoms with Crippen molar-refractivity contribution in [3.05, 3.63) is 12.7 Å². The van der Waals surface area contributed by atoms with Gasteiger partial charge in [-0.2, -0.15) is 0 Å². The van der Waals surface area contributed by atoms with Crippen molar-refractivity contribution >= 4 is 5.91 Å². The molecule has 1 amide bonds. The Morgan fingerprint density at radius 1 is 1.54 bits per heavy atom. The lowest BCUT2D eigenvalue weighted by Crippen LogP contribution is -2.41. The zero-order valence-corrected chi connectivity index (χ0v) is 7.91. The lowest BCUT2D eigenvalue weighted by molar-refractivity contribution is -0.129. The van der Waals surface area contributed by atoms with E-state index >= 15 is 0 Å². The highest BCUT2D eigenvalue weighted by Crippen LogP contribution is 2.16. The number of carbonyl (C=O) groups excluding carboxylic acids is 1. The molecule has 1 fully saturated rings. The van der Waals surface area contributed by atoms with Crippen LogP contribution in [0.2, 0.25) is 0 Å². The fourth-order valence-corrected chi connectivity index (χ4v) is 1.77. The molecule has 1 heterocycles. The third-order valence-corrected chi connectivity index (χ3v) is 2.55. The number of nitrogens with zero attached hydrogens (tertiary/aromatic N) is 1. The predicted octanol–water partition coefficient (Wildman–Crippen LogP) is 0.936. The van der Waals surface area contributed by atoms with Gasteiger partial charge in [0.2, 0.25) is 5.91 Å². The van der Waals surface area contributed by atoms with Gasteiger partial charge in [0.05, 0.1) is 12.6 Å². The van der Waals surface area contributed by atoms with Crippen molar-refractivity contribution in [1.29, 1.82) is 0 Å². The van der Waals surface area contributed by atoms with Crippen LogP contribution in [0.15, 0.2) is 12.7 Å². The topological polar surface area (TPSA) is 40.5 Å². The van der Waals surface area contributed by atoms with Gasteiger partial charge in [-0.15, -0.1) is 0 Å². The smallest absolute Gasteiger partial charge is 0.246 e. The molecule has 1 saturated heterocycles. The number of amides is 1. The van der Waals surface area contributed by atoms with E-state index in [0.717, 1.165) is 32.2 Å². The van der Waals surface area contributed by atoms with Crippen LogP contribution in [0.5, 0.6) is 0 Å². The molecule has 0 aromatic carbocycles. The average molecular weight is 183 g/mol. The molecule has 0 spiro atoms. The molecular formula is C10H17NO2. The summed E-state index contributed by atoms with van der Waals surface area (Å²) >= 11 is 0. The number of hydrogen-bond donors (Lipinski definition) is 1. The van der Waals surface area contributed by atoms with E-state index in [1.165, 1.54) is 6.08 Å². The second-order valence-corrected chi connectivity index (χ2v) is 3.42. The molecule has 0 bridgehead atoms. The van der Waals surface area contributed by atoms with Crippen LogP contribution in [0.4, 0.5) is 0 Å². The summed E-state index contributed by atoms with van der Waals surface area (Å²) in [6.07, 6.45) is 5.53. The van der Waals surface area contributed by atoms with Crippen molar-refractivity contribution in [2.45, 2.75) is 31.7 Å². The van der Waals surface area contributed by atoms with E-state index in [1.54, 1.807) is 4.90 Å². The molecule has 13 heavy (non-hydrogen) atoms. The molecule has 0 aromatic rings. The third-order valence-electron chi connectivity index (χ3n) is 2.55. The Bertz CT molecular complexity index is 191. The summed E-state index contributed by atoms with van der Waals surface area (Å²) in [5.41, 5.74) is 0. The van der Waals surface area contributed by atoms with E-state index in [9.17, 15) is 4.79 Å². The van der Waals surface area contributed by atoms with E-state index in [0.29, 0.717) is 0 Å². The Hall–Kier alpha value is -0.830. The quantitative estimate of drug-likeness (QED) is 0.647. The van der Waals surface area contributed by atoms with Gasteiger partial charge in [0.1, 0.15) is 0 Å². The summed E-state index contributed by atoms with van der Waals surface area (Å²) in [4.78, 5) is 13.1. The summed E-state index contributed by atoms with van der Waals surface area (Å²) in [6, 6.07) is 0.00741. The van der Waals surface area contributed by atoms with Crippen LogP contribution in [0, 0.1) is 0 Å². The zero-order chi connectivity index (χ0) is 9.68. The maximum Gasteiger partial charge on any atom is 0.246 e. The maximum absolute atomic E-state index is 11.4. The van der Waals surface area contributed by atoms with Gasteiger partial charge in [-0.1, -0.05) is 19.4 Å². The average Bonchev–Trinajstić information content (AvgIpc) is 2.41. The molecule has 1 aliphatic rings. The van der Waals surface area contributed by atoms with Crippen molar-refractivity contribution < 1.29 is 9.90 Å². The molecule has 0 saturated carbocycles. The molecule has 0 aromatic heterocycles. The second kappa shape index (κ2) is 5.02. The van der Waals surface area contributed by atoms with E-state index in [4.69, 9.17) is 5.11 Å². The number of aliphatic hydroxyl groups excluding tert-OH is 1. The monoisotopic (exact) mass is 183 g/mol. The Kier molecular flexibility index (Phi) is 3.96. The van der Waals surface area contributed by atoms with E-state index < -0.39 is 0 Å². The molecule has 1 atom stereocenters. The van der Waals surface area contributed by atoms with Gasteiger partial charge in [0.25, 0.3) is 0 Å². The molecule has 1 N–H and O–H groups in total. The lowest BCUT2D eigenvalue weighted by Gasteiger charge is -2.27. The van der Waals surface area contributed by atoms with Crippen LogP contribution < -0.4 is 0 Å². The highest BCUT2D eigenvalue weighted by Gasteiger charge is 2.22. The summed E-state index contributed by atoms with van der Waals surface area (Å²) in [5, 5.41) is 9.10. The Balaban J connectivity index is 2.64. The normalized spacial score (nSPS) is 23.8. The van der Waals surface area contributed by atoms with Crippen LogP contribution in [-0.4, -0.2) is 35.1 Å². The number of rotatable bonds is 2. The van der Waals surface area contributed by atoms with Crippen LogP contribution in [0.1, 0.15) is 25.7 Å². The van der Waals surface area contributed by atoms with E-state index in [1.807, 2.05) is 0 Å². The van der Waals surface area contributed by atoms with E-state index in [-0.39, 0.29) is 18.6 Å². The Morgan fingerprint density at radius 3 is 2.92 bits per heavy atom. The van der Waals surface area contributed by atoms with Crippen LogP contribution in [0.3, 0.4) is 0 Å². The molecule has 3 nitrogen and oxygen atoms in total. The van der Waals surface area contributed by atoms with Gasteiger partial charge in [0.15, 0.2) is 0 Å². The number of likely N-dealkylation sites (tertiary alicyclic amines) is 1. The number of carbonyl (C=O) groups is 1. The zero-order valence-electron chi connectivity index (χ0n) is 7.91. The Labute approximate surface area is 79.0 Å². The van der Waals surface area contributed by atoms with Gasteiger partial charge in [-0.05, 0) is 18.9 Å². The minimum Gasteiger partial charge on any atom is -0.394 e. The summed E-state index contributed by atoms with van der Waals surface area (Å²) in [6.45, 7) is 4.29. The highest BCUT2D eigenvalue weighted by molar-refractivity contribution is 5.87. The standard InChI is InChI=1S/C10H17NO2/c1-2-10(13)11-7-5-3-4-6-9(11)8-12/h2,9,12H,1,3-8H2. The van der Waals surface area contributed by atoms with Gasteiger partial charge in [0, 0.05) is 6.54 Å². The first-order valence-corrected chi connectivity index (χ1v) is 4.83. The molecule has 74 valence electrons. The Morgan fingerprint density at radius 2 is 2.31 bits per heavy atom. The summed E-state index contributed by atoms with van der Waals surface area (Å²) in [5.74, 6) is -0.0547. The first kappa shape index (κ1) is 10.3. The fraction of sp³-hybridized carbons (Fsp3) is 0.700. The molecule has 0 aliphatic carbocycles. The molecule has 1 rings (SSSR count). The highest BCUT2D eigenvalue weighted by atomic mass is 16.3. The van der Waals surface area contributed by atoms with Crippen molar-refractivity contribution in [1.82, 2.24) is 4.90 Å². The molecule has 1 unspecified atom stereocenters. The summed E-state index contributed by atoms with van der Waals surface area (Å²) in [7, 11) is 0. The number of aliphatic hydroxyl groups is 1. The second-order valence-electron chi connectivity index (χ2n) is 3.42. The van der Waals surface area contributed by atoms with Crippen LogP contribution >= 0.6 is 0 Å². The van der Waals surface area contributed by atoms with Crippen LogP contribution in [-0.2, 0) is 4.79 Å². The van der Waals surface area contributed by atoms with Gasteiger partial charge in [-0.3, -0.25) is 4.79 Å². The van der Waals surface area contributed by atoms with Crippen molar-refractivity contribution in [2.24, 2.45) is 0 Å². The maximum atomic E-state index is 11.4. The molecule has 1 aliphatic heterocycles. The van der Waals surface area contributed by atoms with E-state index in [2.05, 4.69) is 6.58 Å². The fourth-order valence-electron chi connectivity index (χ4n) is 1.77. The van der Waals surface area contributed by atoms with Gasteiger partial charge >= 0.3 is 0 Å². The SMILES string of the molecule is C=CC(=O)N1CCCCCC1CO. The van der Waals surface area contributed by atoms with Crippen molar-refractivity contribution in [2.75, 3.05) is 13.2 Å². The minimum absolute atomic E-state index is 0.00741. The third kappa shape index (κ3) is 2.56. The molecule has 0 radical (unpaired) electrons. The van der Waals surface area contributed by atoms with Crippen molar-refractivity contribution in [3.63, 3.8) is 0 Å². The minimum atomic E-state index is -0.0547. The van der Waals surface area contributed by atoms with Gasteiger partial charge < -0.3 is 10.0 Å². The molecular weight excluding hydrogens is 166 g/mol. The first-order chi connectivity index (χ1) is 6.29. The largest absolute Gasteiger partial charge is 0.394 e. The van der Waals surface area contributed by atoms with Gasteiger partial charge in [-0.25, -0.2) is 0 Å². The van der Waals surface area contributed by atoms with Crippen LogP contribution in [0.25, 0.3) is 0 Å². The predicted molar refractivity (Wildman–Crippen MR) is 51.3 cm³/mol. The lowest BCUT2D eigenvalue weighted by atomic mass is 10.1. The molecule has 3 heteroatoms. The first-order valence-electron chi connectivity index (χ1n) is 4.83. The summed E-state index contributed by atoms with van der Waals surface area (Å²) < 4.78 is 0.